The normalized spacial score (nSPS) is 14.5. The standard InChI is InChI=1S/CH5NO3P/c1-4-6(3)5-2/h2H2,1H3. The largest absolute Gasteiger partial charge is 0.380 e. The van der Waals surface area contributed by atoms with Crippen molar-refractivity contribution in [2.24, 2.45) is 5.90 Å². The molecule has 1 radical (unpaired) electrons. The fourth-order valence-corrected chi connectivity index (χ4v) is 0.129. The molecule has 0 bridgehead atoms. The van der Waals surface area contributed by atoms with E-state index in [1.807, 2.05) is 0 Å². The molecule has 0 aromatic carbocycles. The Morgan fingerprint density at radius 1 is 1.83 bits per heavy atom. The first kappa shape index (κ1) is 6.27. The molecule has 0 aromatic heterocycles. The monoisotopic (exact) mass is 110 g/mol. The topological polar surface area (TPSA) is 64.4 Å². The molecule has 0 spiro atoms. The van der Waals surface area contributed by atoms with Gasteiger partial charge >= 0.3 is 8.60 Å². The lowest BCUT2D eigenvalue weighted by molar-refractivity contribution is 0.209. The summed E-state index contributed by atoms with van der Waals surface area (Å²) < 4.78 is 7.75. The Morgan fingerprint density at radius 3 is 2.33 bits per heavy atom. The highest BCUT2D eigenvalue weighted by atomic mass is 31.2. The summed E-state index contributed by atoms with van der Waals surface area (Å²) in [5.41, 5.74) is 0. The fourth-order valence-electron chi connectivity index (χ4n) is 0.0430. The van der Waals surface area contributed by atoms with Gasteiger partial charge in [-0.1, -0.05) is 0 Å². The van der Waals surface area contributed by atoms with Gasteiger partial charge in [0.15, 0.2) is 0 Å². The van der Waals surface area contributed by atoms with E-state index in [1.165, 1.54) is 7.11 Å². The maximum absolute atomic E-state index is 9.76. The van der Waals surface area contributed by atoms with Crippen LogP contribution in [0.4, 0.5) is 0 Å². The zero-order valence-corrected chi connectivity index (χ0v) is 4.14. The van der Waals surface area contributed by atoms with E-state index in [4.69, 9.17) is 0 Å². The quantitative estimate of drug-likeness (QED) is 0.407. The molecule has 37 valence electrons. The van der Waals surface area contributed by atoms with Crippen LogP contribution in [0.5, 0.6) is 0 Å². The Kier molecular flexibility index (Phi) is 3.62. The van der Waals surface area contributed by atoms with E-state index in [-0.39, 0.29) is 0 Å². The smallest absolute Gasteiger partial charge is 0.313 e. The van der Waals surface area contributed by atoms with Crippen LogP contribution in [0, 0.1) is 0 Å². The van der Waals surface area contributed by atoms with Crippen LogP contribution in [0.25, 0.3) is 0 Å². The van der Waals surface area contributed by atoms with Gasteiger partial charge < -0.3 is 4.52 Å². The average Bonchev–Trinajstić information content (AvgIpc) is 1.65. The highest BCUT2D eigenvalue weighted by Gasteiger charge is 1.99. The summed E-state index contributed by atoms with van der Waals surface area (Å²) in [4.78, 5) is 9.76. The highest BCUT2D eigenvalue weighted by Crippen LogP contribution is 2.28. The summed E-state index contributed by atoms with van der Waals surface area (Å²) in [6.45, 7) is 0. The molecule has 0 aromatic rings. The summed E-state index contributed by atoms with van der Waals surface area (Å²) in [6, 6.07) is 0. The van der Waals surface area contributed by atoms with Crippen LogP contribution in [0.15, 0.2) is 0 Å². The van der Waals surface area contributed by atoms with E-state index in [0.29, 0.717) is 0 Å². The van der Waals surface area contributed by atoms with Crippen molar-refractivity contribution >= 4 is 8.60 Å². The van der Waals surface area contributed by atoms with Gasteiger partial charge in [-0.3, -0.25) is 0 Å². The highest BCUT2D eigenvalue weighted by molar-refractivity contribution is 7.40. The molecule has 0 heterocycles. The molecular formula is CH5NO3P. The summed E-state index contributed by atoms with van der Waals surface area (Å²) in [7, 11) is -0.807. The van der Waals surface area contributed by atoms with E-state index < -0.39 is 8.60 Å². The average molecular weight is 110 g/mol. The molecular weight excluding hydrogens is 105 g/mol. The van der Waals surface area contributed by atoms with E-state index in [2.05, 4.69) is 15.0 Å². The Morgan fingerprint density at radius 2 is 2.33 bits per heavy atom. The van der Waals surface area contributed by atoms with Crippen LogP contribution in [0.3, 0.4) is 0 Å². The van der Waals surface area contributed by atoms with Crippen molar-refractivity contribution in [3.63, 3.8) is 0 Å². The van der Waals surface area contributed by atoms with Crippen LogP contribution in [-0.2, 0) is 14.0 Å². The number of rotatable bonds is 2. The van der Waals surface area contributed by atoms with E-state index in [9.17, 15) is 4.89 Å². The Hall–Kier alpha value is 0.270. The number of nitrogens with two attached hydrogens (primary N) is 1. The van der Waals surface area contributed by atoms with Gasteiger partial charge in [-0.15, -0.1) is 4.89 Å². The second kappa shape index (κ2) is 3.46. The minimum atomic E-state index is -2.05. The molecule has 6 heavy (non-hydrogen) atoms. The molecule has 5 heteroatoms. The van der Waals surface area contributed by atoms with Gasteiger partial charge in [-0.2, -0.15) is 0 Å². The van der Waals surface area contributed by atoms with E-state index in [1.54, 1.807) is 0 Å². The van der Waals surface area contributed by atoms with Crippen molar-refractivity contribution in [1.29, 1.82) is 0 Å². The third-order valence-electron chi connectivity index (χ3n) is 0.235. The molecule has 0 aliphatic carbocycles. The fraction of sp³-hybridized carbons (Fsp3) is 1.00. The molecule has 1 unspecified atom stereocenters. The van der Waals surface area contributed by atoms with Gasteiger partial charge in [0.05, 0.1) is 0 Å². The molecule has 0 saturated carbocycles. The predicted molar refractivity (Wildman–Crippen MR) is 19.9 cm³/mol. The van der Waals surface area contributed by atoms with Crippen molar-refractivity contribution in [1.82, 2.24) is 0 Å². The zero-order chi connectivity index (χ0) is 4.99. The van der Waals surface area contributed by atoms with Gasteiger partial charge in [0, 0.05) is 7.11 Å². The summed E-state index contributed by atoms with van der Waals surface area (Å²) in [5.74, 6) is 4.37. The Bertz CT molecular complexity index is 30.0. The molecule has 0 aliphatic heterocycles. The molecule has 2 N–H and O–H groups in total. The first-order valence-corrected chi connectivity index (χ1v) is 2.29. The van der Waals surface area contributed by atoms with E-state index in [0.717, 1.165) is 0 Å². The second-order valence-corrected chi connectivity index (χ2v) is 1.53. The van der Waals surface area contributed by atoms with Crippen LogP contribution in [-0.4, -0.2) is 7.11 Å². The van der Waals surface area contributed by atoms with Crippen LogP contribution in [0.1, 0.15) is 0 Å². The third kappa shape index (κ3) is 2.50. The molecule has 0 rings (SSSR count). The SMILES string of the molecule is COP([O])ON. The van der Waals surface area contributed by atoms with Gasteiger partial charge in [-0.25, -0.2) is 10.5 Å². The van der Waals surface area contributed by atoms with Crippen LogP contribution >= 0.6 is 8.60 Å². The van der Waals surface area contributed by atoms with Gasteiger partial charge in [0.1, 0.15) is 0 Å². The van der Waals surface area contributed by atoms with Crippen molar-refractivity contribution in [3.05, 3.63) is 0 Å². The minimum absolute atomic E-state index is 1.24. The van der Waals surface area contributed by atoms with Gasteiger partial charge in [0.2, 0.25) is 0 Å². The first-order chi connectivity index (χ1) is 2.81. The zero-order valence-electron chi connectivity index (χ0n) is 3.25. The molecule has 0 saturated heterocycles. The van der Waals surface area contributed by atoms with Gasteiger partial charge in [-0.05, 0) is 0 Å². The van der Waals surface area contributed by atoms with Crippen molar-refractivity contribution in [2.45, 2.75) is 0 Å². The first-order valence-electron chi connectivity index (χ1n) is 1.19. The third-order valence-corrected chi connectivity index (χ3v) is 0.705. The summed E-state index contributed by atoms with van der Waals surface area (Å²) in [5, 5.41) is 0. The Balaban J connectivity index is 2.75. The molecule has 0 amide bonds. The summed E-state index contributed by atoms with van der Waals surface area (Å²) in [6.07, 6.45) is 0. The van der Waals surface area contributed by atoms with Crippen molar-refractivity contribution < 1.29 is 14.0 Å². The molecule has 0 aliphatic rings. The maximum atomic E-state index is 9.76. The molecule has 0 fully saturated rings. The van der Waals surface area contributed by atoms with Crippen LogP contribution in [0.2, 0.25) is 0 Å². The van der Waals surface area contributed by atoms with Crippen LogP contribution < -0.4 is 5.90 Å². The number of hydrogen-bond donors (Lipinski definition) is 1. The maximum Gasteiger partial charge on any atom is 0.380 e. The predicted octanol–water partition coefficient (Wildman–Crippen LogP) is 0.180. The second-order valence-electron chi connectivity index (χ2n) is 0.512. The molecule has 4 nitrogen and oxygen atoms in total. The minimum Gasteiger partial charge on any atom is -0.313 e. The van der Waals surface area contributed by atoms with Crippen molar-refractivity contribution in [3.8, 4) is 0 Å². The lowest BCUT2D eigenvalue weighted by Crippen LogP contribution is -1.91. The van der Waals surface area contributed by atoms with E-state index >= 15 is 0 Å². The van der Waals surface area contributed by atoms with Crippen molar-refractivity contribution in [2.75, 3.05) is 7.11 Å². The lowest BCUT2D eigenvalue weighted by Gasteiger charge is -1.94. The Labute approximate surface area is 36.8 Å². The van der Waals surface area contributed by atoms with Gasteiger partial charge in [0.25, 0.3) is 0 Å². The lowest BCUT2D eigenvalue weighted by atomic mass is 11.8. The summed E-state index contributed by atoms with van der Waals surface area (Å²) >= 11 is 0. The molecule has 1 atom stereocenters. The number of hydrogen-bond acceptors (Lipinski definition) is 3.